The lowest BCUT2D eigenvalue weighted by molar-refractivity contribution is 0.535. The Bertz CT molecular complexity index is 142. The van der Waals surface area contributed by atoms with Gasteiger partial charge in [-0.2, -0.15) is 4.39 Å². The van der Waals surface area contributed by atoms with E-state index in [1.54, 1.807) is 7.05 Å². The minimum Gasteiger partial charge on any atom is -0.311 e. The fraction of sp³-hybridized carbons (Fsp3) is 0.250. The molecular formula is C4H5FN2. The molecule has 0 fully saturated rings. The monoisotopic (exact) mass is 100 g/mol. The third kappa shape index (κ3) is 0.607. The van der Waals surface area contributed by atoms with Crippen LogP contribution in [0.25, 0.3) is 0 Å². The topological polar surface area (TPSA) is 17.8 Å². The Hall–Kier alpha value is -0.860. The fourth-order valence-electron chi connectivity index (χ4n) is 0.341. The van der Waals surface area contributed by atoms with Crippen LogP contribution in [-0.4, -0.2) is 9.55 Å². The third-order valence-corrected chi connectivity index (χ3v) is 0.758. The summed E-state index contributed by atoms with van der Waals surface area (Å²) in [7, 11) is 1.60. The van der Waals surface area contributed by atoms with E-state index in [1.165, 1.54) is 17.1 Å². The van der Waals surface area contributed by atoms with Crippen molar-refractivity contribution in [3.8, 4) is 0 Å². The van der Waals surface area contributed by atoms with Gasteiger partial charge in [-0.15, -0.1) is 0 Å². The Balaban J connectivity index is 3.12. The van der Waals surface area contributed by atoms with Gasteiger partial charge in [0.1, 0.15) is 0 Å². The first-order chi connectivity index (χ1) is 3.30. The van der Waals surface area contributed by atoms with E-state index in [0.717, 1.165) is 0 Å². The third-order valence-electron chi connectivity index (χ3n) is 0.758. The molecule has 0 amide bonds. The average molecular weight is 100 g/mol. The zero-order chi connectivity index (χ0) is 5.28. The molecule has 0 saturated heterocycles. The number of halogens is 1. The van der Waals surface area contributed by atoms with Gasteiger partial charge in [-0.3, -0.25) is 0 Å². The molecule has 2 nitrogen and oxygen atoms in total. The minimum atomic E-state index is -0.306. The van der Waals surface area contributed by atoms with Crippen LogP contribution in [0.2, 0.25) is 0 Å². The molecule has 0 aliphatic carbocycles. The number of hydrogen-bond donors (Lipinski definition) is 0. The Kier molecular flexibility index (Phi) is 0.817. The summed E-state index contributed by atoms with van der Waals surface area (Å²) in [4.78, 5) is 3.51. The van der Waals surface area contributed by atoms with E-state index in [1.807, 2.05) is 0 Å². The highest BCUT2D eigenvalue weighted by Crippen LogP contribution is 1.88. The smallest absolute Gasteiger partial charge is 0.213 e. The summed E-state index contributed by atoms with van der Waals surface area (Å²) in [6.45, 7) is 0. The number of aromatic nitrogens is 2. The molecule has 0 unspecified atom stereocenters. The molecule has 0 atom stereocenters. The summed E-state index contributed by atoms with van der Waals surface area (Å²) < 4.78 is 13.3. The zero-order valence-corrected chi connectivity index (χ0v) is 3.93. The number of hydrogen-bond acceptors (Lipinski definition) is 1. The molecule has 0 radical (unpaired) electrons. The van der Waals surface area contributed by atoms with E-state index in [4.69, 9.17) is 0 Å². The number of rotatable bonds is 0. The lowest BCUT2D eigenvalue weighted by Crippen LogP contribution is -1.86. The Morgan fingerprint density at radius 3 is 2.71 bits per heavy atom. The summed E-state index contributed by atoms with van der Waals surface area (Å²) in [6.07, 6.45) is 2.58. The van der Waals surface area contributed by atoms with Gasteiger partial charge in [0.05, 0.1) is 12.5 Å². The van der Waals surface area contributed by atoms with E-state index in [-0.39, 0.29) is 5.95 Å². The van der Waals surface area contributed by atoms with Crippen molar-refractivity contribution < 1.29 is 4.39 Å². The van der Waals surface area contributed by atoms with Crippen LogP contribution in [0.4, 0.5) is 4.39 Å². The number of nitrogens with zero attached hydrogens (tertiary/aromatic N) is 2. The van der Waals surface area contributed by atoms with Gasteiger partial charge in [0.15, 0.2) is 0 Å². The first-order valence-corrected chi connectivity index (χ1v) is 1.92. The standard InChI is InChI=1S/C4H5FN2/c1-7-3-6-2-4(7)5/h2-3H,1H3. The molecular weight excluding hydrogens is 95.1 g/mol. The molecule has 0 aliphatic rings. The molecule has 0 spiro atoms. The Morgan fingerprint density at radius 1 is 1.86 bits per heavy atom. The first-order valence-electron chi connectivity index (χ1n) is 1.92. The molecule has 0 N–H and O–H groups in total. The predicted octanol–water partition coefficient (Wildman–Crippen LogP) is 0.559. The van der Waals surface area contributed by atoms with Crippen molar-refractivity contribution in [2.45, 2.75) is 0 Å². The van der Waals surface area contributed by atoms with E-state index in [2.05, 4.69) is 4.98 Å². The van der Waals surface area contributed by atoms with Gasteiger partial charge in [0.25, 0.3) is 0 Å². The Labute approximate surface area is 40.6 Å². The highest BCUT2D eigenvalue weighted by atomic mass is 19.1. The van der Waals surface area contributed by atoms with Gasteiger partial charge in [-0.1, -0.05) is 0 Å². The molecule has 1 aromatic rings. The van der Waals surface area contributed by atoms with Crippen molar-refractivity contribution in [2.24, 2.45) is 7.05 Å². The van der Waals surface area contributed by atoms with Crippen LogP contribution >= 0.6 is 0 Å². The molecule has 0 aliphatic heterocycles. The van der Waals surface area contributed by atoms with Crippen molar-refractivity contribution in [3.05, 3.63) is 18.5 Å². The average Bonchev–Trinajstić information content (AvgIpc) is 1.91. The van der Waals surface area contributed by atoms with Crippen LogP contribution in [0, 0.1) is 5.95 Å². The van der Waals surface area contributed by atoms with Crippen LogP contribution < -0.4 is 0 Å². The van der Waals surface area contributed by atoms with Crippen molar-refractivity contribution in [1.29, 1.82) is 0 Å². The molecule has 1 heterocycles. The second-order valence-electron chi connectivity index (χ2n) is 1.33. The van der Waals surface area contributed by atoms with Crippen LogP contribution in [0.5, 0.6) is 0 Å². The van der Waals surface area contributed by atoms with Crippen molar-refractivity contribution >= 4 is 0 Å². The molecule has 0 saturated carbocycles. The summed E-state index contributed by atoms with van der Waals surface area (Å²) in [6, 6.07) is 0. The summed E-state index contributed by atoms with van der Waals surface area (Å²) in [5.74, 6) is -0.306. The number of imidazole rings is 1. The van der Waals surface area contributed by atoms with Gasteiger partial charge < -0.3 is 4.57 Å². The normalized spacial score (nSPS) is 9.43. The summed E-state index contributed by atoms with van der Waals surface area (Å²) in [5.41, 5.74) is 0. The number of aryl methyl sites for hydroxylation is 1. The first kappa shape index (κ1) is 4.30. The maximum Gasteiger partial charge on any atom is 0.213 e. The van der Waals surface area contributed by atoms with E-state index >= 15 is 0 Å². The maximum absolute atomic E-state index is 12.0. The van der Waals surface area contributed by atoms with Crippen molar-refractivity contribution in [3.63, 3.8) is 0 Å². The summed E-state index contributed by atoms with van der Waals surface area (Å²) >= 11 is 0. The zero-order valence-electron chi connectivity index (χ0n) is 3.93. The van der Waals surface area contributed by atoms with Gasteiger partial charge in [0, 0.05) is 7.05 Å². The lowest BCUT2D eigenvalue weighted by atomic mass is 10.9. The van der Waals surface area contributed by atoms with E-state index in [9.17, 15) is 4.39 Å². The van der Waals surface area contributed by atoms with Crippen LogP contribution in [0.3, 0.4) is 0 Å². The molecule has 0 bridgehead atoms. The highest BCUT2D eigenvalue weighted by molar-refractivity contribution is 4.76. The second-order valence-corrected chi connectivity index (χ2v) is 1.33. The molecule has 1 rings (SSSR count). The summed E-state index contributed by atoms with van der Waals surface area (Å²) in [5, 5.41) is 0. The van der Waals surface area contributed by atoms with Gasteiger partial charge in [-0.05, 0) is 0 Å². The maximum atomic E-state index is 12.0. The SMILES string of the molecule is Cn1cncc1F. The molecule has 38 valence electrons. The molecule has 1 aromatic heterocycles. The van der Waals surface area contributed by atoms with Crippen LogP contribution in [-0.2, 0) is 7.05 Å². The molecule has 3 heteroatoms. The fourth-order valence-corrected chi connectivity index (χ4v) is 0.341. The minimum absolute atomic E-state index is 0.306. The largest absolute Gasteiger partial charge is 0.311 e. The van der Waals surface area contributed by atoms with E-state index in [0.29, 0.717) is 0 Å². The Morgan fingerprint density at radius 2 is 2.57 bits per heavy atom. The van der Waals surface area contributed by atoms with Crippen molar-refractivity contribution in [2.75, 3.05) is 0 Å². The predicted molar refractivity (Wildman–Crippen MR) is 23.2 cm³/mol. The van der Waals surface area contributed by atoms with Crippen molar-refractivity contribution in [1.82, 2.24) is 9.55 Å². The quantitative estimate of drug-likeness (QED) is 0.465. The lowest BCUT2D eigenvalue weighted by Gasteiger charge is -1.83. The molecule has 7 heavy (non-hydrogen) atoms. The van der Waals surface area contributed by atoms with Crippen LogP contribution in [0.1, 0.15) is 0 Å². The second kappa shape index (κ2) is 1.33. The molecule has 0 aromatic carbocycles. The van der Waals surface area contributed by atoms with Gasteiger partial charge >= 0.3 is 0 Å². The van der Waals surface area contributed by atoms with Crippen LogP contribution in [0.15, 0.2) is 12.5 Å². The van der Waals surface area contributed by atoms with Gasteiger partial charge in [0.2, 0.25) is 5.95 Å². The van der Waals surface area contributed by atoms with E-state index < -0.39 is 0 Å². The highest BCUT2D eigenvalue weighted by Gasteiger charge is 1.88. The van der Waals surface area contributed by atoms with Gasteiger partial charge in [-0.25, -0.2) is 4.98 Å².